The van der Waals surface area contributed by atoms with Gasteiger partial charge in [0.05, 0.1) is 16.3 Å². The minimum atomic E-state index is 0.319. The van der Waals surface area contributed by atoms with E-state index in [-0.39, 0.29) is 0 Å². The minimum Gasteiger partial charge on any atom is -0.381 e. The maximum Gasteiger partial charge on any atom is 0.103 e. The van der Waals surface area contributed by atoms with E-state index in [1.54, 1.807) is 6.07 Å². The molecule has 1 aromatic carbocycles. The molecule has 18 heavy (non-hydrogen) atoms. The zero-order valence-electron chi connectivity index (χ0n) is 10.4. The van der Waals surface area contributed by atoms with Crippen LogP contribution in [0.5, 0.6) is 0 Å². The number of nitriles is 1. The molecule has 1 saturated heterocycles. The number of anilines is 1. The highest BCUT2D eigenvalue weighted by molar-refractivity contribution is 6.32. The third-order valence-electron chi connectivity index (χ3n) is 3.48. The second kappa shape index (κ2) is 6.08. The molecule has 0 amide bonds. The van der Waals surface area contributed by atoms with Gasteiger partial charge in [-0.2, -0.15) is 5.26 Å². The quantitative estimate of drug-likeness (QED) is 0.910. The first-order valence-corrected chi connectivity index (χ1v) is 6.63. The first-order chi connectivity index (χ1) is 8.72. The van der Waals surface area contributed by atoms with Gasteiger partial charge in [0.15, 0.2) is 0 Å². The molecular weight excluding hydrogens is 248 g/mol. The highest BCUT2D eigenvalue weighted by atomic mass is 35.5. The topological polar surface area (TPSA) is 45.0 Å². The Balaban J connectivity index is 2.09. The SMILES string of the molecule is CC(Nc1cccc(Cl)c1C#N)C1CCOCC1. The zero-order valence-corrected chi connectivity index (χ0v) is 11.2. The first-order valence-electron chi connectivity index (χ1n) is 6.25. The van der Waals surface area contributed by atoms with Gasteiger partial charge in [0.2, 0.25) is 0 Å². The summed E-state index contributed by atoms with van der Waals surface area (Å²) in [5, 5.41) is 13.0. The Kier molecular flexibility index (Phi) is 4.46. The van der Waals surface area contributed by atoms with Crippen molar-refractivity contribution in [1.82, 2.24) is 0 Å². The second-order valence-corrected chi connectivity index (χ2v) is 5.06. The molecule has 1 unspecified atom stereocenters. The molecule has 1 fully saturated rings. The molecule has 0 saturated carbocycles. The van der Waals surface area contributed by atoms with Gasteiger partial charge < -0.3 is 10.1 Å². The highest BCUT2D eigenvalue weighted by Gasteiger charge is 2.21. The summed E-state index contributed by atoms with van der Waals surface area (Å²) in [5.74, 6) is 0.587. The van der Waals surface area contributed by atoms with Crippen molar-refractivity contribution in [1.29, 1.82) is 5.26 Å². The van der Waals surface area contributed by atoms with Gasteiger partial charge in [-0.25, -0.2) is 0 Å². The third kappa shape index (κ3) is 2.95. The summed E-state index contributed by atoms with van der Waals surface area (Å²) in [7, 11) is 0. The lowest BCUT2D eigenvalue weighted by Gasteiger charge is -2.29. The van der Waals surface area contributed by atoms with Crippen LogP contribution < -0.4 is 5.32 Å². The van der Waals surface area contributed by atoms with Crippen molar-refractivity contribution >= 4 is 17.3 Å². The van der Waals surface area contributed by atoms with Gasteiger partial charge >= 0.3 is 0 Å². The minimum absolute atomic E-state index is 0.319. The van der Waals surface area contributed by atoms with E-state index in [4.69, 9.17) is 21.6 Å². The number of halogens is 1. The van der Waals surface area contributed by atoms with Crippen molar-refractivity contribution in [3.05, 3.63) is 28.8 Å². The zero-order chi connectivity index (χ0) is 13.0. The first kappa shape index (κ1) is 13.2. The average Bonchev–Trinajstić information content (AvgIpc) is 2.40. The normalized spacial score (nSPS) is 18.1. The Morgan fingerprint density at radius 3 is 2.83 bits per heavy atom. The molecule has 96 valence electrons. The highest BCUT2D eigenvalue weighted by Crippen LogP contribution is 2.27. The van der Waals surface area contributed by atoms with Gasteiger partial charge in [0.25, 0.3) is 0 Å². The van der Waals surface area contributed by atoms with E-state index < -0.39 is 0 Å². The monoisotopic (exact) mass is 264 g/mol. The fraction of sp³-hybridized carbons (Fsp3) is 0.500. The van der Waals surface area contributed by atoms with Crippen LogP contribution in [-0.2, 0) is 4.74 Å². The molecule has 1 aliphatic heterocycles. The van der Waals surface area contributed by atoms with Crippen LogP contribution in [-0.4, -0.2) is 19.3 Å². The molecule has 0 bridgehead atoms. The van der Waals surface area contributed by atoms with Crippen LogP contribution in [0.4, 0.5) is 5.69 Å². The number of ether oxygens (including phenoxy) is 1. The van der Waals surface area contributed by atoms with Crippen LogP contribution in [0.15, 0.2) is 18.2 Å². The average molecular weight is 265 g/mol. The number of benzene rings is 1. The van der Waals surface area contributed by atoms with Gasteiger partial charge in [0, 0.05) is 19.3 Å². The molecule has 0 aromatic heterocycles. The van der Waals surface area contributed by atoms with Gasteiger partial charge in [-0.15, -0.1) is 0 Å². The molecule has 2 rings (SSSR count). The predicted molar refractivity (Wildman–Crippen MR) is 72.8 cm³/mol. The van der Waals surface area contributed by atoms with E-state index in [2.05, 4.69) is 18.3 Å². The van der Waals surface area contributed by atoms with Gasteiger partial charge in [0.1, 0.15) is 6.07 Å². The van der Waals surface area contributed by atoms with Crippen molar-refractivity contribution in [3.8, 4) is 6.07 Å². The van der Waals surface area contributed by atoms with E-state index in [1.165, 1.54) is 0 Å². The summed E-state index contributed by atoms with van der Waals surface area (Å²) < 4.78 is 5.36. The fourth-order valence-corrected chi connectivity index (χ4v) is 2.55. The van der Waals surface area contributed by atoms with E-state index in [1.807, 2.05) is 12.1 Å². The van der Waals surface area contributed by atoms with E-state index >= 15 is 0 Å². The van der Waals surface area contributed by atoms with E-state index in [9.17, 15) is 0 Å². The lowest BCUT2D eigenvalue weighted by atomic mass is 9.92. The van der Waals surface area contributed by atoms with Crippen LogP contribution in [0.3, 0.4) is 0 Å². The summed E-state index contributed by atoms with van der Waals surface area (Å²) in [5.41, 5.74) is 1.35. The largest absolute Gasteiger partial charge is 0.381 e. The van der Waals surface area contributed by atoms with Crippen LogP contribution in [0.2, 0.25) is 5.02 Å². The molecule has 0 spiro atoms. The van der Waals surface area contributed by atoms with Crippen molar-refractivity contribution in [2.45, 2.75) is 25.8 Å². The van der Waals surface area contributed by atoms with Gasteiger partial charge in [-0.1, -0.05) is 17.7 Å². The molecule has 4 heteroatoms. The van der Waals surface area contributed by atoms with Crippen molar-refractivity contribution in [3.63, 3.8) is 0 Å². The maximum atomic E-state index is 9.13. The lowest BCUT2D eigenvalue weighted by Crippen LogP contribution is -2.31. The molecule has 1 aliphatic rings. The van der Waals surface area contributed by atoms with Crippen LogP contribution in [0.1, 0.15) is 25.3 Å². The molecule has 3 nitrogen and oxygen atoms in total. The van der Waals surface area contributed by atoms with Crippen molar-refractivity contribution in [2.75, 3.05) is 18.5 Å². The van der Waals surface area contributed by atoms with Crippen molar-refractivity contribution < 1.29 is 4.74 Å². The molecule has 1 N–H and O–H groups in total. The summed E-state index contributed by atoms with van der Waals surface area (Å²) in [6.45, 7) is 3.81. The van der Waals surface area contributed by atoms with Crippen LogP contribution in [0.25, 0.3) is 0 Å². The molecule has 1 heterocycles. The fourth-order valence-electron chi connectivity index (χ4n) is 2.34. The van der Waals surface area contributed by atoms with Gasteiger partial charge in [-0.05, 0) is 37.8 Å². The molecular formula is C14H17ClN2O. The summed E-state index contributed by atoms with van der Waals surface area (Å²) >= 11 is 6.02. The van der Waals surface area contributed by atoms with Crippen LogP contribution in [0, 0.1) is 17.2 Å². The molecule has 0 aliphatic carbocycles. The smallest absolute Gasteiger partial charge is 0.103 e. The summed E-state index contributed by atoms with van der Waals surface area (Å²) in [6.07, 6.45) is 2.13. The third-order valence-corrected chi connectivity index (χ3v) is 3.80. The number of nitrogens with zero attached hydrogens (tertiary/aromatic N) is 1. The van der Waals surface area contributed by atoms with E-state index in [0.29, 0.717) is 22.5 Å². The summed E-state index contributed by atoms with van der Waals surface area (Å²) in [6, 6.07) is 7.98. The Hall–Kier alpha value is -1.24. The number of hydrogen-bond donors (Lipinski definition) is 1. The predicted octanol–water partition coefficient (Wildman–Crippen LogP) is 3.44. The molecule has 1 atom stereocenters. The maximum absolute atomic E-state index is 9.13. The van der Waals surface area contributed by atoms with Crippen LogP contribution >= 0.6 is 11.6 Å². The lowest BCUT2D eigenvalue weighted by molar-refractivity contribution is 0.0622. The number of rotatable bonds is 3. The van der Waals surface area contributed by atoms with Crippen molar-refractivity contribution in [2.24, 2.45) is 5.92 Å². The standard InChI is InChI=1S/C14H17ClN2O/c1-10(11-5-7-18-8-6-11)17-14-4-2-3-13(15)12(14)9-16/h2-4,10-11,17H,5-8H2,1H3. The molecule has 1 aromatic rings. The Morgan fingerprint density at radius 2 is 2.17 bits per heavy atom. The number of hydrogen-bond acceptors (Lipinski definition) is 3. The van der Waals surface area contributed by atoms with E-state index in [0.717, 1.165) is 31.7 Å². The summed E-state index contributed by atoms with van der Waals surface area (Å²) in [4.78, 5) is 0. The number of nitrogens with one attached hydrogen (secondary N) is 1. The van der Waals surface area contributed by atoms with Gasteiger partial charge in [-0.3, -0.25) is 0 Å². The Labute approximate surface area is 113 Å². The molecule has 0 radical (unpaired) electrons. The Bertz CT molecular complexity index is 450. The second-order valence-electron chi connectivity index (χ2n) is 4.66. The Morgan fingerprint density at radius 1 is 1.44 bits per heavy atom.